The number of hydrogen-bond acceptors (Lipinski definition) is 2. The third kappa shape index (κ3) is 1.49. The first-order valence-corrected chi connectivity index (χ1v) is 6.58. The molecule has 2 aliphatic rings. The van der Waals surface area contributed by atoms with Crippen molar-refractivity contribution in [3.63, 3.8) is 0 Å². The second kappa shape index (κ2) is 3.57. The van der Waals surface area contributed by atoms with Crippen LogP contribution in [0, 0.1) is 0 Å². The third-order valence-corrected chi connectivity index (χ3v) is 4.32. The molecule has 2 aromatic rings. The minimum absolute atomic E-state index is 0.640. The number of fused-ring (bicyclic) bond motifs is 3. The molecule has 0 saturated carbocycles. The van der Waals surface area contributed by atoms with E-state index in [4.69, 9.17) is 0 Å². The van der Waals surface area contributed by atoms with Gasteiger partial charge in [0.1, 0.15) is 0 Å². The van der Waals surface area contributed by atoms with Crippen molar-refractivity contribution in [2.24, 2.45) is 0 Å². The van der Waals surface area contributed by atoms with Crippen molar-refractivity contribution in [2.45, 2.75) is 43.8 Å². The Balaban J connectivity index is 1.74. The Morgan fingerprint density at radius 1 is 1.12 bits per heavy atom. The van der Waals surface area contributed by atoms with Crippen LogP contribution in [0.1, 0.15) is 31.7 Å². The van der Waals surface area contributed by atoms with Gasteiger partial charge in [-0.15, -0.1) is 0 Å². The van der Waals surface area contributed by atoms with Gasteiger partial charge in [-0.3, -0.25) is 0 Å². The number of nitrogens with zero attached hydrogens (tertiary/aromatic N) is 2. The van der Waals surface area contributed by atoms with E-state index in [-0.39, 0.29) is 0 Å². The zero-order valence-corrected chi connectivity index (χ0v) is 9.84. The molecule has 17 heavy (non-hydrogen) atoms. The van der Waals surface area contributed by atoms with Gasteiger partial charge in [-0.25, -0.2) is 4.98 Å². The first-order chi connectivity index (χ1) is 8.40. The molecule has 4 rings (SSSR count). The standard InChI is InChI=1S/C14H17N3/c1-2-4-14-13(3-1)15-9-17(14)12-7-10-5-6-11(8-12)16-10/h1-4,9-12,16H,5-8H2/t10-,11-/m1/s1. The van der Waals surface area contributed by atoms with Crippen LogP contribution in [-0.2, 0) is 0 Å². The van der Waals surface area contributed by atoms with Crippen molar-refractivity contribution in [1.29, 1.82) is 0 Å². The van der Waals surface area contributed by atoms with E-state index in [1.165, 1.54) is 31.2 Å². The molecule has 0 unspecified atom stereocenters. The van der Waals surface area contributed by atoms with Crippen molar-refractivity contribution in [3.8, 4) is 0 Å². The maximum absolute atomic E-state index is 4.51. The van der Waals surface area contributed by atoms with Gasteiger partial charge in [-0.2, -0.15) is 0 Å². The van der Waals surface area contributed by atoms with E-state index in [0.29, 0.717) is 6.04 Å². The highest BCUT2D eigenvalue weighted by atomic mass is 15.1. The number of piperidine rings is 1. The molecule has 2 atom stereocenters. The first-order valence-electron chi connectivity index (χ1n) is 6.58. The number of aromatic nitrogens is 2. The van der Waals surface area contributed by atoms with E-state index in [0.717, 1.165) is 17.6 Å². The normalized spacial score (nSPS) is 32.1. The van der Waals surface area contributed by atoms with Crippen LogP contribution >= 0.6 is 0 Å². The molecule has 1 aromatic carbocycles. The molecule has 0 amide bonds. The Morgan fingerprint density at radius 2 is 1.88 bits per heavy atom. The molecule has 88 valence electrons. The highest BCUT2D eigenvalue weighted by Gasteiger charge is 2.34. The molecule has 2 bridgehead atoms. The monoisotopic (exact) mass is 227 g/mol. The van der Waals surface area contributed by atoms with Crippen molar-refractivity contribution < 1.29 is 0 Å². The van der Waals surface area contributed by atoms with Gasteiger partial charge in [0.05, 0.1) is 17.4 Å². The average molecular weight is 227 g/mol. The lowest BCUT2D eigenvalue weighted by Crippen LogP contribution is -2.38. The highest BCUT2D eigenvalue weighted by molar-refractivity contribution is 5.75. The van der Waals surface area contributed by atoms with Gasteiger partial charge in [-0.05, 0) is 37.8 Å². The predicted octanol–water partition coefficient (Wildman–Crippen LogP) is 2.49. The maximum atomic E-state index is 4.51. The van der Waals surface area contributed by atoms with Crippen LogP contribution in [-0.4, -0.2) is 21.6 Å². The van der Waals surface area contributed by atoms with Gasteiger partial charge in [0.25, 0.3) is 0 Å². The van der Waals surface area contributed by atoms with Crippen molar-refractivity contribution >= 4 is 11.0 Å². The summed E-state index contributed by atoms with van der Waals surface area (Å²) in [7, 11) is 0. The molecule has 0 aliphatic carbocycles. The fraction of sp³-hybridized carbons (Fsp3) is 0.500. The second-order valence-corrected chi connectivity index (χ2v) is 5.40. The first kappa shape index (κ1) is 9.66. The molecule has 3 nitrogen and oxygen atoms in total. The van der Waals surface area contributed by atoms with Crippen LogP contribution in [0.3, 0.4) is 0 Å². The van der Waals surface area contributed by atoms with Gasteiger partial charge < -0.3 is 9.88 Å². The minimum atomic E-state index is 0.640. The van der Waals surface area contributed by atoms with Crippen LogP contribution in [0.25, 0.3) is 11.0 Å². The number of para-hydroxylation sites is 2. The number of nitrogens with one attached hydrogen (secondary N) is 1. The Bertz CT molecular complexity index is 533. The van der Waals surface area contributed by atoms with E-state index in [2.05, 4.69) is 39.1 Å². The summed E-state index contributed by atoms with van der Waals surface area (Å²) in [6.45, 7) is 0. The maximum Gasteiger partial charge on any atom is 0.0960 e. The zero-order valence-electron chi connectivity index (χ0n) is 9.84. The van der Waals surface area contributed by atoms with Crippen LogP contribution in [0.2, 0.25) is 0 Å². The zero-order chi connectivity index (χ0) is 11.2. The van der Waals surface area contributed by atoms with E-state index in [9.17, 15) is 0 Å². The number of rotatable bonds is 1. The minimum Gasteiger partial charge on any atom is -0.327 e. The molecule has 2 saturated heterocycles. The molecule has 3 heterocycles. The third-order valence-electron chi connectivity index (χ3n) is 4.32. The molecule has 2 aliphatic heterocycles. The fourth-order valence-electron chi connectivity index (χ4n) is 3.52. The van der Waals surface area contributed by atoms with Gasteiger partial charge >= 0.3 is 0 Å². The molecule has 1 N–H and O–H groups in total. The Hall–Kier alpha value is -1.35. The average Bonchev–Trinajstić information content (AvgIpc) is 2.93. The van der Waals surface area contributed by atoms with E-state index in [1.807, 2.05) is 6.33 Å². The quantitative estimate of drug-likeness (QED) is 0.811. The lowest BCUT2D eigenvalue weighted by Gasteiger charge is -2.30. The topological polar surface area (TPSA) is 29.9 Å². The predicted molar refractivity (Wildman–Crippen MR) is 67.9 cm³/mol. The Morgan fingerprint density at radius 3 is 2.71 bits per heavy atom. The molecular weight excluding hydrogens is 210 g/mol. The summed E-state index contributed by atoms with van der Waals surface area (Å²) < 4.78 is 2.39. The van der Waals surface area contributed by atoms with Gasteiger partial charge in [0.15, 0.2) is 0 Å². The lowest BCUT2D eigenvalue weighted by molar-refractivity contribution is 0.303. The summed E-state index contributed by atoms with van der Waals surface area (Å²) in [6, 6.07) is 10.6. The smallest absolute Gasteiger partial charge is 0.0960 e. The second-order valence-electron chi connectivity index (χ2n) is 5.40. The highest BCUT2D eigenvalue weighted by Crippen LogP contribution is 2.35. The summed E-state index contributed by atoms with van der Waals surface area (Å²) in [5.74, 6) is 0. The number of benzene rings is 1. The van der Waals surface area contributed by atoms with Crippen LogP contribution in [0.4, 0.5) is 0 Å². The molecule has 0 radical (unpaired) electrons. The Labute approximate surface area is 101 Å². The molecule has 2 fully saturated rings. The summed E-state index contributed by atoms with van der Waals surface area (Å²) in [5, 5.41) is 3.70. The van der Waals surface area contributed by atoms with Gasteiger partial charge in [-0.1, -0.05) is 12.1 Å². The largest absolute Gasteiger partial charge is 0.327 e. The van der Waals surface area contributed by atoms with E-state index in [1.54, 1.807) is 0 Å². The van der Waals surface area contributed by atoms with Crippen molar-refractivity contribution in [2.75, 3.05) is 0 Å². The van der Waals surface area contributed by atoms with Crippen LogP contribution < -0.4 is 5.32 Å². The summed E-state index contributed by atoms with van der Waals surface area (Å²) >= 11 is 0. The molecule has 0 spiro atoms. The summed E-state index contributed by atoms with van der Waals surface area (Å²) in [5.41, 5.74) is 2.41. The molecular formula is C14H17N3. The van der Waals surface area contributed by atoms with Crippen LogP contribution in [0.5, 0.6) is 0 Å². The Kier molecular flexibility index (Phi) is 2.03. The van der Waals surface area contributed by atoms with Gasteiger partial charge in [0.2, 0.25) is 0 Å². The van der Waals surface area contributed by atoms with E-state index >= 15 is 0 Å². The number of imidazole rings is 1. The number of hydrogen-bond donors (Lipinski definition) is 1. The lowest BCUT2D eigenvalue weighted by atomic mass is 9.99. The van der Waals surface area contributed by atoms with Crippen LogP contribution in [0.15, 0.2) is 30.6 Å². The molecule has 3 heteroatoms. The summed E-state index contributed by atoms with van der Waals surface area (Å²) in [4.78, 5) is 4.51. The fourth-order valence-corrected chi connectivity index (χ4v) is 3.52. The molecule has 1 aromatic heterocycles. The van der Waals surface area contributed by atoms with Crippen molar-refractivity contribution in [1.82, 2.24) is 14.9 Å². The summed E-state index contributed by atoms with van der Waals surface area (Å²) in [6.07, 6.45) is 7.26. The van der Waals surface area contributed by atoms with Gasteiger partial charge in [0, 0.05) is 18.1 Å². The SMILES string of the molecule is c1ccc2c(c1)ncn2C1C[C@H]2CC[C@H](C1)N2. The van der Waals surface area contributed by atoms with Crippen molar-refractivity contribution in [3.05, 3.63) is 30.6 Å². The van der Waals surface area contributed by atoms with E-state index < -0.39 is 0 Å².